The summed E-state index contributed by atoms with van der Waals surface area (Å²) in [5.41, 5.74) is 0. The van der Waals surface area contributed by atoms with Crippen molar-refractivity contribution >= 4 is 22.1 Å². The smallest absolute Gasteiger partial charge is 0.460 e. The molecule has 18 heavy (non-hydrogen) atoms. The molecule has 0 amide bonds. The number of alkyl halides is 2. The zero-order valence-corrected chi connectivity index (χ0v) is 9.78. The molecule has 0 saturated heterocycles. The highest BCUT2D eigenvalue weighted by molar-refractivity contribution is 7.87. The molecule has 7 nitrogen and oxygen atoms in total. The van der Waals surface area contributed by atoms with Gasteiger partial charge in [-0.05, 0) is 19.3 Å². The van der Waals surface area contributed by atoms with Gasteiger partial charge in [0.15, 0.2) is 6.61 Å². The molecule has 1 saturated carbocycles. The second kappa shape index (κ2) is 5.14. The van der Waals surface area contributed by atoms with Gasteiger partial charge in [-0.15, -0.1) is 0 Å². The summed E-state index contributed by atoms with van der Waals surface area (Å²) in [6.07, 6.45) is 1.83. The van der Waals surface area contributed by atoms with E-state index in [0.29, 0.717) is 12.8 Å². The zero-order valence-electron chi connectivity index (χ0n) is 8.97. The summed E-state index contributed by atoms with van der Waals surface area (Å²) in [7, 11) is -5.93. The van der Waals surface area contributed by atoms with E-state index in [0.717, 1.165) is 6.42 Å². The Bertz CT molecular complexity index is 440. The summed E-state index contributed by atoms with van der Waals surface area (Å²) in [6, 6.07) is 0. The van der Waals surface area contributed by atoms with E-state index in [9.17, 15) is 26.8 Å². The number of esters is 2. The van der Waals surface area contributed by atoms with Crippen LogP contribution in [0.3, 0.4) is 0 Å². The van der Waals surface area contributed by atoms with E-state index >= 15 is 0 Å². The summed E-state index contributed by atoms with van der Waals surface area (Å²) in [4.78, 5) is 21.6. The van der Waals surface area contributed by atoms with Crippen molar-refractivity contribution in [3.63, 3.8) is 0 Å². The first-order chi connectivity index (χ1) is 8.14. The van der Waals surface area contributed by atoms with Crippen LogP contribution in [0, 0.1) is 0 Å². The number of carbonyl (C=O) groups is 2. The molecule has 0 aromatic carbocycles. The van der Waals surface area contributed by atoms with E-state index in [1.54, 1.807) is 0 Å². The second-order valence-corrected chi connectivity index (χ2v) is 5.07. The maximum absolute atomic E-state index is 12.6. The summed E-state index contributed by atoms with van der Waals surface area (Å²) in [5.74, 6) is -3.59. The molecule has 0 spiro atoms. The Hall–Kier alpha value is -1.29. The van der Waals surface area contributed by atoms with Crippen molar-refractivity contribution < 1.29 is 40.8 Å². The monoisotopic (exact) mass is 288 g/mol. The van der Waals surface area contributed by atoms with Gasteiger partial charge in [-0.2, -0.15) is 17.2 Å². The Morgan fingerprint density at radius 3 is 2.28 bits per heavy atom. The molecule has 0 atom stereocenters. The van der Waals surface area contributed by atoms with Gasteiger partial charge < -0.3 is 9.47 Å². The lowest BCUT2D eigenvalue weighted by atomic mass is 9.96. The van der Waals surface area contributed by atoms with Crippen molar-refractivity contribution in [3.05, 3.63) is 0 Å². The fraction of sp³-hybridized carbons (Fsp3) is 0.750. The van der Waals surface area contributed by atoms with Crippen LogP contribution in [0.25, 0.3) is 0 Å². The van der Waals surface area contributed by atoms with Crippen LogP contribution < -0.4 is 0 Å². The molecule has 1 rings (SSSR count). The average Bonchev–Trinajstić information content (AvgIpc) is 2.18. The SMILES string of the molecule is O=C(COC(=O)C(F)(F)S(=O)(=O)O)OC1CCC1. The normalized spacial score (nSPS) is 16.8. The predicted molar refractivity (Wildman–Crippen MR) is 51.2 cm³/mol. The van der Waals surface area contributed by atoms with Crippen molar-refractivity contribution in [3.8, 4) is 0 Å². The van der Waals surface area contributed by atoms with E-state index in [-0.39, 0.29) is 6.10 Å². The van der Waals surface area contributed by atoms with E-state index in [4.69, 9.17) is 4.55 Å². The number of hydrogen-bond acceptors (Lipinski definition) is 6. The van der Waals surface area contributed by atoms with Crippen molar-refractivity contribution in [1.29, 1.82) is 0 Å². The Morgan fingerprint density at radius 2 is 1.89 bits per heavy atom. The summed E-state index contributed by atoms with van der Waals surface area (Å²) in [6.45, 7) is -1.14. The molecule has 0 heterocycles. The lowest BCUT2D eigenvalue weighted by Crippen LogP contribution is -2.40. The van der Waals surface area contributed by atoms with Gasteiger partial charge in [0.25, 0.3) is 0 Å². The summed E-state index contributed by atoms with van der Waals surface area (Å²) < 4.78 is 62.1. The molecule has 0 unspecified atom stereocenters. The second-order valence-electron chi connectivity index (χ2n) is 3.61. The molecule has 0 aromatic rings. The van der Waals surface area contributed by atoms with Crippen LogP contribution in [-0.4, -0.2) is 42.9 Å². The minimum atomic E-state index is -5.93. The van der Waals surface area contributed by atoms with Crippen LogP contribution in [0.15, 0.2) is 0 Å². The fourth-order valence-corrected chi connectivity index (χ4v) is 1.29. The Morgan fingerprint density at radius 1 is 1.33 bits per heavy atom. The van der Waals surface area contributed by atoms with Gasteiger partial charge in [-0.1, -0.05) is 0 Å². The highest BCUT2D eigenvalue weighted by Gasteiger charge is 2.54. The van der Waals surface area contributed by atoms with Crippen LogP contribution in [0.5, 0.6) is 0 Å². The van der Waals surface area contributed by atoms with Gasteiger partial charge in [-0.3, -0.25) is 4.55 Å². The molecule has 0 aromatic heterocycles. The highest BCUT2D eigenvalue weighted by Crippen LogP contribution is 2.23. The standard InChI is InChI=1S/C8H10F2O7S/c9-8(10,18(13,14)15)7(12)16-4-6(11)17-5-2-1-3-5/h5H,1-4H2,(H,13,14,15). The van der Waals surface area contributed by atoms with Crippen molar-refractivity contribution in [2.45, 2.75) is 30.6 Å². The van der Waals surface area contributed by atoms with Crippen LogP contribution in [-0.2, 0) is 29.2 Å². The molecule has 1 N–H and O–H groups in total. The minimum absolute atomic E-state index is 0.321. The molecule has 0 radical (unpaired) electrons. The van der Waals surface area contributed by atoms with E-state index in [1.807, 2.05) is 0 Å². The fourth-order valence-electron chi connectivity index (χ4n) is 1.02. The lowest BCUT2D eigenvalue weighted by Gasteiger charge is -2.25. The third-order valence-electron chi connectivity index (χ3n) is 2.23. The molecule has 0 aliphatic heterocycles. The minimum Gasteiger partial charge on any atom is -0.460 e. The first kappa shape index (κ1) is 14.8. The summed E-state index contributed by atoms with van der Waals surface area (Å²) in [5, 5.41) is -5.11. The van der Waals surface area contributed by atoms with Crippen molar-refractivity contribution in [1.82, 2.24) is 0 Å². The summed E-state index contributed by atoms with van der Waals surface area (Å²) >= 11 is 0. The van der Waals surface area contributed by atoms with Gasteiger partial charge in [-0.25, -0.2) is 9.59 Å². The number of ether oxygens (including phenoxy) is 2. The van der Waals surface area contributed by atoms with Crippen LogP contribution in [0.2, 0.25) is 0 Å². The van der Waals surface area contributed by atoms with E-state index in [1.165, 1.54) is 0 Å². The zero-order chi connectivity index (χ0) is 14.0. The molecule has 0 bridgehead atoms. The maximum Gasteiger partial charge on any atom is 0.465 e. The average molecular weight is 288 g/mol. The van der Waals surface area contributed by atoms with Gasteiger partial charge >= 0.3 is 27.3 Å². The van der Waals surface area contributed by atoms with Crippen LogP contribution >= 0.6 is 0 Å². The van der Waals surface area contributed by atoms with Crippen molar-refractivity contribution in [2.75, 3.05) is 6.61 Å². The molecule has 1 aliphatic rings. The van der Waals surface area contributed by atoms with Crippen LogP contribution in [0.1, 0.15) is 19.3 Å². The van der Waals surface area contributed by atoms with E-state index in [2.05, 4.69) is 9.47 Å². The predicted octanol–water partition coefficient (Wildman–Crippen LogP) is 0.106. The number of halogens is 2. The van der Waals surface area contributed by atoms with Crippen molar-refractivity contribution in [2.24, 2.45) is 0 Å². The molecular formula is C8H10F2O7S. The molecule has 1 fully saturated rings. The third-order valence-corrected chi connectivity index (χ3v) is 3.05. The number of rotatable bonds is 5. The molecular weight excluding hydrogens is 278 g/mol. The van der Waals surface area contributed by atoms with Gasteiger partial charge in [0.05, 0.1) is 0 Å². The highest BCUT2D eigenvalue weighted by atomic mass is 32.2. The molecule has 10 heteroatoms. The lowest BCUT2D eigenvalue weighted by molar-refractivity contribution is -0.173. The van der Waals surface area contributed by atoms with Gasteiger partial charge in [0.2, 0.25) is 0 Å². The molecule has 1 aliphatic carbocycles. The quantitative estimate of drug-likeness (QED) is 0.565. The first-order valence-corrected chi connectivity index (χ1v) is 6.30. The van der Waals surface area contributed by atoms with E-state index < -0.39 is 33.9 Å². The third kappa shape index (κ3) is 3.35. The topological polar surface area (TPSA) is 107 Å². The Balaban J connectivity index is 2.43. The first-order valence-electron chi connectivity index (χ1n) is 4.86. The number of carbonyl (C=O) groups excluding carboxylic acids is 2. The largest absolute Gasteiger partial charge is 0.465 e. The van der Waals surface area contributed by atoms with Gasteiger partial charge in [0.1, 0.15) is 6.10 Å². The van der Waals surface area contributed by atoms with Gasteiger partial charge in [0, 0.05) is 0 Å². The Kier molecular flexibility index (Phi) is 4.22. The van der Waals surface area contributed by atoms with Crippen LogP contribution in [0.4, 0.5) is 8.78 Å². The number of hydrogen-bond donors (Lipinski definition) is 1. The molecule has 104 valence electrons. The maximum atomic E-state index is 12.6. The Labute approximate surface area is 101 Å².